The minimum absolute atomic E-state index is 0.147. The van der Waals surface area contributed by atoms with E-state index in [1.54, 1.807) is 0 Å². The molecular formula is C17H20O2. The topological polar surface area (TPSA) is 34.1 Å². The molecule has 2 rings (SSSR count). The number of Topliss-reactive ketones (excluding diaryl/α,β-unsaturated/α-hetero) is 2. The van der Waals surface area contributed by atoms with Crippen molar-refractivity contribution < 1.29 is 9.59 Å². The van der Waals surface area contributed by atoms with Crippen LogP contribution in [0.5, 0.6) is 0 Å². The maximum Gasteiger partial charge on any atom is 0.184 e. The number of allylic oxidation sites excluding steroid dienone is 8. The maximum absolute atomic E-state index is 12.0. The van der Waals surface area contributed by atoms with Crippen molar-refractivity contribution in [2.45, 2.75) is 48.0 Å². The molecule has 2 heteroatoms. The average molecular weight is 256 g/mol. The van der Waals surface area contributed by atoms with Crippen molar-refractivity contribution in [3.63, 3.8) is 0 Å². The van der Waals surface area contributed by atoms with Crippen LogP contribution in [0.25, 0.3) is 0 Å². The van der Waals surface area contributed by atoms with Gasteiger partial charge in [0.25, 0.3) is 0 Å². The van der Waals surface area contributed by atoms with Gasteiger partial charge in [0.1, 0.15) is 0 Å². The van der Waals surface area contributed by atoms with Gasteiger partial charge in [-0.2, -0.15) is 0 Å². The molecule has 0 saturated carbocycles. The lowest BCUT2D eigenvalue weighted by Gasteiger charge is -2.10. The molecule has 0 aromatic heterocycles. The Morgan fingerprint density at radius 3 is 1.05 bits per heavy atom. The second kappa shape index (κ2) is 4.44. The Bertz CT molecular complexity index is 578. The van der Waals surface area contributed by atoms with Crippen LogP contribution in [-0.4, -0.2) is 11.6 Å². The Morgan fingerprint density at radius 2 is 0.842 bits per heavy atom. The minimum Gasteiger partial charge on any atom is -0.289 e. The highest BCUT2D eigenvalue weighted by molar-refractivity contribution is 6.14. The Kier molecular flexibility index (Phi) is 3.21. The summed E-state index contributed by atoms with van der Waals surface area (Å²) < 4.78 is 0. The van der Waals surface area contributed by atoms with E-state index in [9.17, 15) is 9.59 Å². The molecule has 0 unspecified atom stereocenters. The molecule has 0 aromatic rings. The third-order valence-corrected chi connectivity index (χ3v) is 4.65. The van der Waals surface area contributed by atoms with Crippen LogP contribution in [0, 0.1) is 0 Å². The summed E-state index contributed by atoms with van der Waals surface area (Å²) in [5.74, 6) is 0.293. The Balaban J connectivity index is 2.45. The van der Waals surface area contributed by atoms with Crippen molar-refractivity contribution in [1.82, 2.24) is 0 Å². The van der Waals surface area contributed by atoms with Crippen LogP contribution in [0.15, 0.2) is 44.6 Å². The van der Waals surface area contributed by atoms with Crippen molar-refractivity contribution in [3.8, 4) is 0 Å². The molecular weight excluding hydrogens is 236 g/mol. The van der Waals surface area contributed by atoms with Gasteiger partial charge >= 0.3 is 0 Å². The Hall–Kier alpha value is -1.70. The van der Waals surface area contributed by atoms with E-state index in [4.69, 9.17) is 0 Å². The van der Waals surface area contributed by atoms with Gasteiger partial charge in [0.2, 0.25) is 0 Å². The predicted molar refractivity (Wildman–Crippen MR) is 76.8 cm³/mol. The van der Waals surface area contributed by atoms with Gasteiger partial charge in [-0.3, -0.25) is 9.59 Å². The van der Waals surface area contributed by atoms with Gasteiger partial charge in [0.05, 0.1) is 0 Å². The molecule has 0 spiro atoms. The summed E-state index contributed by atoms with van der Waals surface area (Å²) in [6.07, 6.45) is 0.696. The van der Waals surface area contributed by atoms with Crippen molar-refractivity contribution in [2.24, 2.45) is 0 Å². The van der Waals surface area contributed by atoms with Crippen molar-refractivity contribution in [1.29, 1.82) is 0 Å². The summed E-state index contributed by atoms with van der Waals surface area (Å²) in [5.41, 5.74) is 7.69. The summed E-state index contributed by atoms with van der Waals surface area (Å²) in [4.78, 5) is 24.0. The molecule has 0 aliphatic heterocycles. The maximum atomic E-state index is 12.0. The Labute approximate surface area is 114 Å². The van der Waals surface area contributed by atoms with E-state index < -0.39 is 0 Å². The first-order chi connectivity index (χ1) is 8.77. The van der Waals surface area contributed by atoms with Gasteiger partial charge in [0.15, 0.2) is 11.6 Å². The van der Waals surface area contributed by atoms with E-state index in [0.717, 1.165) is 44.6 Å². The van der Waals surface area contributed by atoms with E-state index in [1.165, 1.54) is 0 Å². The van der Waals surface area contributed by atoms with Crippen LogP contribution in [-0.2, 0) is 9.59 Å². The summed E-state index contributed by atoms with van der Waals surface area (Å²) in [6, 6.07) is 0. The molecule has 0 heterocycles. The van der Waals surface area contributed by atoms with Crippen LogP contribution in [0.3, 0.4) is 0 Å². The smallest absolute Gasteiger partial charge is 0.184 e. The second-order valence-electron chi connectivity index (χ2n) is 5.54. The predicted octanol–water partition coefficient (Wildman–Crippen LogP) is 3.85. The highest BCUT2D eigenvalue weighted by Crippen LogP contribution is 2.39. The normalized spacial score (nSPS) is 20.7. The molecule has 2 nitrogen and oxygen atoms in total. The Morgan fingerprint density at radius 1 is 0.526 bits per heavy atom. The van der Waals surface area contributed by atoms with Crippen molar-refractivity contribution >= 4 is 11.6 Å². The fraction of sp³-hybridized carbons (Fsp3) is 0.412. The fourth-order valence-corrected chi connectivity index (χ4v) is 2.90. The zero-order chi connectivity index (χ0) is 14.5. The van der Waals surface area contributed by atoms with Gasteiger partial charge in [0, 0.05) is 11.1 Å². The third kappa shape index (κ3) is 1.86. The second-order valence-corrected chi connectivity index (χ2v) is 5.54. The van der Waals surface area contributed by atoms with Gasteiger partial charge in [-0.05, 0) is 81.4 Å². The lowest BCUT2D eigenvalue weighted by atomic mass is 9.94. The number of rotatable bonds is 2. The first-order valence-electron chi connectivity index (χ1n) is 6.62. The van der Waals surface area contributed by atoms with Gasteiger partial charge in [-0.1, -0.05) is 0 Å². The summed E-state index contributed by atoms with van der Waals surface area (Å²) in [6.45, 7) is 11.5. The molecule has 0 saturated heterocycles. The number of hydrogen-bond donors (Lipinski definition) is 0. The van der Waals surface area contributed by atoms with Gasteiger partial charge in [-0.15, -0.1) is 0 Å². The fourth-order valence-electron chi connectivity index (χ4n) is 2.90. The summed E-state index contributed by atoms with van der Waals surface area (Å²) in [5, 5.41) is 0. The van der Waals surface area contributed by atoms with Crippen LogP contribution >= 0.6 is 0 Å². The SMILES string of the molecule is CC1=C(C)C(CC2=C(C)C(=O)C(C)=C2C)=C(C)C1=O. The minimum atomic E-state index is 0.147. The zero-order valence-corrected chi connectivity index (χ0v) is 12.5. The third-order valence-electron chi connectivity index (χ3n) is 4.65. The molecule has 0 radical (unpaired) electrons. The molecule has 2 aliphatic rings. The number of carbonyl (C=O) groups is 2. The number of hydrogen-bond acceptors (Lipinski definition) is 2. The van der Waals surface area contributed by atoms with Crippen molar-refractivity contribution in [2.75, 3.05) is 0 Å². The average Bonchev–Trinajstić information content (AvgIpc) is 2.68. The molecule has 0 fully saturated rings. The van der Waals surface area contributed by atoms with E-state index in [1.807, 2.05) is 41.5 Å². The lowest BCUT2D eigenvalue weighted by Crippen LogP contribution is -1.97. The highest BCUT2D eigenvalue weighted by Gasteiger charge is 2.29. The van der Waals surface area contributed by atoms with E-state index >= 15 is 0 Å². The van der Waals surface area contributed by atoms with Gasteiger partial charge < -0.3 is 0 Å². The van der Waals surface area contributed by atoms with Crippen LogP contribution in [0.2, 0.25) is 0 Å². The highest BCUT2D eigenvalue weighted by atomic mass is 16.1. The molecule has 100 valence electrons. The zero-order valence-electron chi connectivity index (χ0n) is 12.5. The molecule has 0 bridgehead atoms. The molecule has 19 heavy (non-hydrogen) atoms. The monoisotopic (exact) mass is 256 g/mol. The van der Waals surface area contributed by atoms with Crippen LogP contribution in [0.4, 0.5) is 0 Å². The molecule has 0 N–H and O–H groups in total. The largest absolute Gasteiger partial charge is 0.289 e. The van der Waals surface area contributed by atoms with Crippen LogP contribution < -0.4 is 0 Å². The standard InChI is InChI=1S/C17H20O2/c1-8-10(3)16(18)12(5)14(8)7-15-9(2)11(4)17(19)13(15)6/h7H2,1-6H3. The van der Waals surface area contributed by atoms with E-state index in [2.05, 4.69) is 0 Å². The number of carbonyl (C=O) groups excluding carboxylic acids is 2. The van der Waals surface area contributed by atoms with Gasteiger partial charge in [-0.25, -0.2) is 0 Å². The van der Waals surface area contributed by atoms with Crippen molar-refractivity contribution in [3.05, 3.63) is 44.6 Å². The lowest BCUT2D eigenvalue weighted by molar-refractivity contribution is -0.112. The molecule has 2 aliphatic carbocycles. The van der Waals surface area contributed by atoms with E-state index in [0.29, 0.717) is 6.42 Å². The first-order valence-corrected chi connectivity index (χ1v) is 6.62. The van der Waals surface area contributed by atoms with Crippen LogP contribution in [0.1, 0.15) is 48.0 Å². The summed E-state index contributed by atoms with van der Waals surface area (Å²) >= 11 is 0. The van der Waals surface area contributed by atoms with E-state index in [-0.39, 0.29) is 11.6 Å². The molecule has 0 amide bonds. The first kappa shape index (κ1) is 13.7. The summed E-state index contributed by atoms with van der Waals surface area (Å²) in [7, 11) is 0. The molecule has 0 aromatic carbocycles. The molecule has 0 atom stereocenters. The number of ketones is 2. The quantitative estimate of drug-likeness (QED) is 0.752.